The fourth-order valence-corrected chi connectivity index (χ4v) is 3.81. The van der Waals surface area contributed by atoms with E-state index in [0.29, 0.717) is 38.3 Å². The van der Waals surface area contributed by atoms with Crippen molar-refractivity contribution in [2.75, 3.05) is 18.0 Å². The second-order valence-electron chi connectivity index (χ2n) is 7.27. The van der Waals surface area contributed by atoms with Crippen molar-refractivity contribution in [3.8, 4) is 0 Å². The maximum atomic E-state index is 14.2. The molecule has 2 aliphatic rings. The van der Waals surface area contributed by atoms with E-state index in [4.69, 9.17) is 5.73 Å². The molecule has 156 valence electrons. The molecule has 0 aliphatic carbocycles. The third kappa shape index (κ3) is 3.85. The van der Waals surface area contributed by atoms with Crippen molar-refractivity contribution in [3.63, 3.8) is 0 Å². The number of anilines is 1. The lowest BCUT2D eigenvalue weighted by Crippen LogP contribution is -2.42. The van der Waals surface area contributed by atoms with Gasteiger partial charge in [0.1, 0.15) is 17.3 Å². The third-order valence-electron chi connectivity index (χ3n) is 5.40. The summed E-state index contributed by atoms with van der Waals surface area (Å²) in [6, 6.07) is 4.01. The molecule has 1 aromatic carbocycles. The highest BCUT2D eigenvalue weighted by Crippen LogP contribution is 2.33. The Hall–Kier alpha value is -3.43. The van der Waals surface area contributed by atoms with E-state index in [1.54, 1.807) is 6.21 Å². The number of hydrogen-bond donors (Lipinski definition) is 1. The molecule has 30 heavy (non-hydrogen) atoms. The van der Waals surface area contributed by atoms with Crippen molar-refractivity contribution in [1.29, 1.82) is 0 Å². The van der Waals surface area contributed by atoms with Gasteiger partial charge in [-0.2, -0.15) is 5.10 Å². The molecule has 2 aromatic rings. The number of primary amides is 1. The molecular weight excluding hydrogens is 394 g/mol. The van der Waals surface area contributed by atoms with Crippen molar-refractivity contribution >= 4 is 24.0 Å². The standard InChI is InChI=1S/C20H20F2N6O2/c21-13-1-2-15(22)14(11-13)17-4-8-25-28(17)19(30)12-5-9-27(10-6-12)20-24-7-3-16(26-20)18(23)29/h1-3,7-8,11-12,17H,4-6,9-10H2,(H2,23,29). The van der Waals surface area contributed by atoms with Gasteiger partial charge in [0.25, 0.3) is 5.91 Å². The Balaban J connectivity index is 1.44. The van der Waals surface area contributed by atoms with Crippen LogP contribution in [0.1, 0.15) is 41.4 Å². The van der Waals surface area contributed by atoms with Gasteiger partial charge in [0.2, 0.25) is 11.9 Å². The van der Waals surface area contributed by atoms with E-state index < -0.39 is 23.6 Å². The average molecular weight is 414 g/mol. The lowest BCUT2D eigenvalue weighted by Gasteiger charge is -2.33. The Labute approximate surface area is 171 Å². The van der Waals surface area contributed by atoms with Crippen molar-refractivity contribution in [2.45, 2.75) is 25.3 Å². The van der Waals surface area contributed by atoms with Gasteiger partial charge in [-0.15, -0.1) is 0 Å². The molecule has 8 nitrogen and oxygen atoms in total. The molecule has 1 aromatic heterocycles. The Morgan fingerprint density at radius 1 is 1.13 bits per heavy atom. The van der Waals surface area contributed by atoms with E-state index in [-0.39, 0.29) is 23.1 Å². The Morgan fingerprint density at radius 2 is 1.90 bits per heavy atom. The highest BCUT2D eigenvalue weighted by molar-refractivity contribution is 5.90. The van der Waals surface area contributed by atoms with Crippen LogP contribution in [0.5, 0.6) is 0 Å². The highest BCUT2D eigenvalue weighted by Gasteiger charge is 2.36. The van der Waals surface area contributed by atoms with E-state index in [0.717, 1.165) is 18.2 Å². The molecule has 1 fully saturated rings. The zero-order valence-electron chi connectivity index (χ0n) is 16.0. The van der Waals surface area contributed by atoms with Crippen molar-refractivity contribution in [2.24, 2.45) is 16.8 Å². The minimum absolute atomic E-state index is 0.120. The Morgan fingerprint density at radius 3 is 2.63 bits per heavy atom. The largest absolute Gasteiger partial charge is 0.364 e. The predicted molar refractivity (Wildman–Crippen MR) is 105 cm³/mol. The number of nitrogens with zero attached hydrogens (tertiary/aromatic N) is 5. The number of hydrogen-bond acceptors (Lipinski definition) is 6. The van der Waals surface area contributed by atoms with Crippen LogP contribution in [0.15, 0.2) is 35.6 Å². The molecule has 1 atom stereocenters. The number of aromatic nitrogens is 2. The number of piperidine rings is 1. The number of nitrogens with two attached hydrogens (primary N) is 1. The Kier molecular flexibility index (Phi) is 5.39. The number of benzene rings is 1. The molecule has 2 N–H and O–H groups in total. The normalized spacial score (nSPS) is 19.3. The first-order valence-corrected chi connectivity index (χ1v) is 9.62. The van der Waals surface area contributed by atoms with Gasteiger partial charge in [-0.25, -0.2) is 23.8 Å². The number of amides is 2. The lowest BCUT2D eigenvalue weighted by atomic mass is 9.94. The molecule has 10 heteroatoms. The number of carbonyl (C=O) groups is 2. The van der Waals surface area contributed by atoms with Gasteiger partial charge in [-0.3, -0.25) is 9.59 Å². The first-order valence-electron chi connectivity index (χ1n) is 9.62. The Bertz CT molecular complexity index is 1010. The first-order chi connectivity index (χ1) is 14.4. The maximum Gasteiger partial charge on any atom is 0.267 e. The van der Waals surface area contributed by atoms with E-state index >= 15 is 0 Å². The molecule has 0 radical (unpaired) electrons. The molecule has 0 saturated carbocycles. The minimum Gasteiger partial charge on any atom is -0.364 e. The van der Waals surface area contributed by atoms with Gasteiger partial charge in [0.05, 0.1) is 6.04 Å². The van der Waals surface area contributed by atoms with Gasteiger partial charge in [-0.1, -0.05) is 0 Å². The summed E-state index contributed by atoms with van der Waals surface area (Å²) in [4.78, 5) is 34.6. The van der Waals surface area contributed by atoms with Crippen LogP contribution in [0.25, 0.3) is 0 Å². The summed E-state index contributed by atoms with van der Waals surface area (Å²) in [5.41, 5.74) is 5.51. The van der Waals surface area contributed by atoms with Gasteiger partial charge in [-0.05, 0) is 37.1 Å². The van der Waals surface area contributed by atoms with Crippen LogP contribution in [0.3, 0.4) is 0 Å². The summed E-state index contributed by atoms with van der Waals surface area (Å²) in [7, 11) is 0. The smallest absolute Gasteiger partial charge is 0.267 e. The molecular formula is C20H20F2N6O2. The lowest BCUT2D eigenvalue weighted by molar-refractivity contribution is -0.138. The van der Waals surface area contributed by atoms with E-state index in [1.165, 1.54) is 17.3 Å². The van der Waals surface area contributed by atoms with Crippen molar-refractivity contribution < 1.29 is 18.4 Å². The van der Waals surface area contributed by atoms with E-state index in [9.17, 15) is 18.4 Å². The summed E-state index contributed by atoms with van der Waals surface area (Å²) < 4.78 is 27.8. The maximum absolute atomic E-state index is 14.2. The summed E-state index contributed by atoms with van der Waals surface area (Å²) in [5, 5.41) is 5.39. The molecule has 0 spiro atoms. The van der Waals surface area contributed by atoms with Crippen molar-refractivity contribution in [3.05, 3.63) is 53.4 Å². The second-order valence-corrected chi connectivity index (χ2v) is 7.27. The molecule has 1 unspecified atom stereocenters. The monoisotopic (exact) mass is 414 g/mol. The molecule has 2 amide bonds. The van der Waals surface area contributed by atoms with E-state index in [2.05, 4.69) is 15.1 Å². The number of hydrazone groups is 1. The van der Waals surface area contributed by atoms with Crippen molar-refractivity contribution in [1.82, 2.24) is 15.0 Å². The quantitative estimate of drug-likeness (QED) is 0.824. The third-order valence-corrected chi connectivity index (χ3v) is 5.40. The van der Waals surface area contributed by atoms with Crippen LogP contribution in [-0.2, 0) is 4.79 Å². The molecule has 4 rings (SSSR count). The molecule has 1 saturated heterocycles. The van der Waals surface area contributed by atoms with E-state index in [1.807, 2.05) is 4.90 Å². The number of rotatable bonds is 4. The summed E-state index contributed by atoms with van der Waals surface area (Å²) in [5.74, 6) is -1.90. The van der Waals surface area contributed by atoms with Crippen LogP contribution in [0.4, 0.5) is 14.7 Å². The molecule has 3 heterocycles. The van der Waals surface area contributed by atoms with Crippen LogP contribution >= 0.6 is 0 Å². The minimum atomic E-state index is -0.651. The van der Waals surface area contributed by atoms with Gasteiger partial charge < -0.3 is 10.6 Å². The fourth-order valence-electron chi connectivity index (χ4n) is 3.81. The van der Waals surface area contributed by atoms with Crippen LogP contribution in [0, 0.1) is 17.6 Å². The topological polar surface area (TPSA) is 105 Å². The number of halogens is 2. The summed E-state index contributed by atoms with van der Waals surface area (Å²) >= 11 is 0. The fraction of sp³-hybridized carbons (Fsp3) is 0.350. The highest BCUT2D eigenvalue weighted by atomic mass is 19.1. The predicted octanol–water partition coefficient (Wildman–Crippen LogP) is 2.03. The van der Waals surface area contributed by atoms with Crippen LogP contribution < -0.4 is 10.6 Å². The molecule has 2 aliphatic heterocycles. The van der Waals surface area contributed by atoms with Crippen LogP contribution in [-0.4, -0.2) is 46.1 Å². The zero-order valence-corrected chi connectivity index (χ0v) is 16.0. The average Bonchev–Trinajstić information content (AvgIpc) is 3.25. The summed E-state index contributed by atoms with van der Waals surface area (Å²) in [6.07, 6.45) is 4.39. The number of carbonyl (C=O) groups excluding carboxylic acids is 2. The second kappa shape index (κ2) is 8.13. The van der Waals surface area contributed by atoms with Gasteiger partial charge >= 0.3 is 0 Å². The van der Waals surface area contributed by atoms with Gasteiger partial charge in [0, 0.05) is 43.4 Å². The van der Waals surface area contributed by atoms with Gasteiger partial charge in [0.15, 0.2) is 0 Å². The van der Waals surface area contributed by atoms with Crippen LogP contribution in [0.2, 0.25) is 0 Å². The SMILES string of the molecule is NC(=O)c1ccnc(N2CCC(C(=O)N3N=CCC3c3cc(F)ccc3F)CC2)n1. The first kappa shape index (κ1) is 19.9. The zero-order chi connectivity index (χ0) is 21.3. The molecule has 0 bridgehead atoms. The summed E-state index contributed by atoms with van der Waals surface area (Å²) in [6.45, 7) is 1.02.